The molecule has 7 heteroatoms. The van der Waals surface area contributed by atoms with E-state index in [4.69, 9.17) is 10.2 Å². The van der Waals surface area contributed by atoms with Crippen molar-refractivity contribution in [3.8, 4) is 0 Å². The van der Waals surface area contributed by atoms with Crippen LogP contribution in [0.4, 0.5) is 10.6 Å². The summed E-state index contributed by atoms with van der Waals surface area (Å²) in [5.41, 5.74) is -0.231. The first-order chi connectivity index (χ1) is 13.4. The fourth-order valence-corrected chi connectivity index (χ4v) is 3.03. The second-order valence-corrected chi connectivity index (χ2v) is 7.52. The van der Waals surface area contributed by atoms with Gasteiger partial charge in [0.15, 0.2) is 0 Å². The third-order valence-electron chi connectivity index (χ3n) is 4.41. The van der Waals surface area contributed by atoms with Gasteiger partial charge in [0.05, 0.1) is 11.4 Å². The number of anilines is 1. The number of aromatic amines is 1. The van der Waals surface area contributed by atoms with Crippen LogP contribution >= 0.6 is 0 Å². The molecule has 1 aliphatic rings. The van der Waals surface area contributed by atoms with Gasteiger partial charge in [0.2, 0.25) is 0 Å². The number of hydrogen-bond acceptors (Lipinski definition) is 5. The van der Waals surface area contributed by atoms with Crippen LogP contribution in [-0.4, -0.2) is 57.7 Å². The number of piperidine rings is 1. The number of nitrogens with zero attached hydrogens (tertiary/aromatic N) is 4. The fraction of sp³-hybridized carbons (Fsp3) is 0.611. The minimum absolute atomic E-state index is 0.00717. The summed E-state index contributed by atoms with van der Waals surface area (Å²) in [5, 5.41) is 0.527. The summed E-state index contributed by atoms with van der Waals surface area (Å²) in [6, 6.07) is 1.18. The number of fused-ring (bicyclic) bond motifs is 1. The van der Waals surface area contributed by atoms with Crippen molar-refractivity contribution in [1.29, 1.82) is 0 Å². The Balaban J connectivity index is 2.00. The van der Waals surface area contributed by atoms with Gasteiger partial charge in [0.25, 0.3) is 0 Å². The standard InChI is InChI=1S/C18H27N5O2/c1-12-7-9-23(17(24)25-18(2,3)4)10-14(12)22(5)16-13-6-8-19-15(13)20-11-21-16/h6,8,11-12,14H,7,9-10H2,1-5H3,(H,19,20,21)/t12-,14+/m1/s1/i5D3,11D. The van der Waals surface area contributed by atoms with Crippen LogP contribution in [0.2, 0.25) is 0 Å². The third kappa shape index (κ3) is 3.70. The summed E-state index contributed by atoms with van der Waals surface area (Å²) in [6.45, 7) is 5.52. The molecule has 0 radical (unpaired) electrons. The highest BCUT2D eigenvalue weighted by Gasteiger charge is 2.34. The van der Waals surface area contributed by atoms with Crippen LogP contribution in [0, 0.1) is 5.92 Å². The molecule has 1 saturated heterocycles. The summed E-state index contributed by atoms with van der Waals surface area (Å²) >= 11 is 0. The summed E-state index contributed by atoms with van der Waals surface area (Å²) in [7, 11) is 0. The van der Waals surface area contributed by atoms with Crippen molar-refractivity contribution >= 4 is 22.9 Å². The van der Waals surface area contributed by atoms with E-state index < -0.39 is 24.7 Å². The number of aromatic nitrogens is 3. The van der Waals surface area contributed by atoms with Crippen molar-refractivity contribution in [3.05, 3.63) is 18.6 Å². The van der Waals surface area contributed by atoms with Crippen LogP contribution in [0.5, 0.6) is 0 Å². The zero-order valence-electron chi connectivity index (χ0n) is 19.0. The maximum atomic E-state index is 12.6. The van der Waals surface area contributed by atoms with Crippen molar-refractivity contribution in [2.45, 2.75) is 45.8 Å². The van der Waals surface area contributed by atoms with Crippen molar-refractivity contribution < 1.29 is 15.0 Å². The Kier molecular flexibility index (Phi) is 3.39. The number of likely N-dealkylation sites (tertiary alicyclic amines) is 1. The van der Waals surface area contributed by atoms with E-state index in [1.165, 1.54) is 4.90 Å². The highest BCUT2D eigenvalue weighted by Crippen LogP contribution is 2.29. The van der Waals surface area contributed by atoms with Gasteiger partial charge in [-0.25, -0.2) is 14.8 Å². The molecule has 0 bridgehead atoms. The first-order valence-corrected chi connectivity index (χ1v) is 8.46. The molecule has 3 heterocycles. The molecule has 0 unspecified atom stereocenters. The number of ether oxygens (including phenoxy) is 1. The first-order valence-electron chi connectivity index (χ1n) is 10.5. The molecule has 136 valence electrons. The van der Waals surface area contributed by atoms with Gasteiger partial charge >= 0.3 is 6.09 Å². The van der Waals surface area contributed by atoms with Gasteiger partial charge < -0.3 is 19.5 Å². The van der Waals surface area contributed by atoms with Gasteiger partial charge in [0.1, 0.15) is 24.7 Å². The van der Waals surface area contributed by atoms with Crippen molar-refractivity contribution in [2.75, 3.05) is 25.0 Å². The molecule has 7 nitrogen and oxygen atoms in total. The van der Waals surface area contributed by atoms with Crippen molar-refractivity contribution in [1.82, 2.24) is 19.9 Å². The molecule has 1 amide bonds. The number of rotatable bonds is 2. The maximum absolute atomic E-state index is 12.6. The normalized spacial score (nSPS) is 24.2. The SMILES string of the molecule is [2H]c1nc(N([C@H]2CN(C(=O)OC(C)(C)C)CC[C@H]2C)C([2H])([2H])[2H])c2cc[nH]c2n1. The number of nitrogens with one attached hydrogen (secondary N) is 1. The lowest BCUT2D eigenvalue weighted by Gasteiger charge is -2.42. The minimum atomic E-state index is -2.51. The van der Waals surface area contributed by atoms with Gasteiger partial charge in [0, 0.05) is 30.4 Å². The Labute approximate surface area is 154 Å². The van der Waals surface area contributed by atoms with Crippen LogP contribution in [0.25, 0.3) is 11.0 Å². The van der Waals surface area contributed by atoms with Gasteiger partial charge in [-0.2, -0.15) is 0 Å². The molecular formula is C18H27N5O2. The lowest BCUT2D eigenvalue weighted by molar-refractivity contribution is 0.0165. The molecule has 3 rings (SSSR count). The molecule has 2 aromatic rings. The van der Waals surface area contributed by atoms with Crippen molar-refractivity contribution in [2.24, 2.45) is 5.92 Å². The smallest absolute Gasteiger partial charge is 0.410 e. The predicted molar refractivity (Wildman–Crippen MR) is 97.7 cm³/mol. The second kappa shape index (κ2) is 6.54. The third-order valence-corrected chi connectivity index (χ3v) is 4.41. The molecule has 0 aliphatic carbocycles. The highest BCUT2D eigenvalue weighted by molar-refractivity contribution is 5.87. The second-order valence-electron chi connectivity index (χ2n) is 7.52. The first kappa shape index (κ1) is 13.0. The molecular weight excluding hydrogens is 318 g/mol. The van der Waals surface area contributed by atoms with Crippen LogP contribution in [0.3, 0.4) is 0 Å². The summed E-state index contributed by atoms with van der Waals surface area (Å²) in [6.07, 6.45) is 1.54. The molecule has 25 heavy (non-hydrogen) atoms. The number of likely N-dealkylation sites (N-methyl/N-ethyl adjacent to an activating group) is 1. The zero-order valence-corrected chi connectivity index (χ0v) is 15.0. The molecule has 1 fully saturated rings. The Morgan fingerprint density at radius 1 is 1.52 bits per heavy atom. The molecule has 0 aromatic carbocycles. The lowest BCUT2D eigenvalue weighted by Crippen LogP contribution is -2.53. The lowest BCUT2D eigenvalue weighted by atomic mass is 9.92. The number of amides is 1. The number of H-pyrrole nitrogens is 1. The summed E-state index contributed by atoms with van der Waals surface area (Å²) in [5.74, 6) is 0.163. The van der Waals surface area contributed by atoms with E-state index in [0.29, 0.717) is 24.0 Å². The van der Waals surface area contributed by atoms with Gasteiger partial charge in [-0.05, 0) is 39.2 Å². The number of carbonyl (C=O) groups is 1. The monoisotopic (exact) mass is 349 g/mol. The highest BCUT2D eigenvalue weighted by atomic mass is 16.6. The average molecular weight is 349 g/mol. The van der Waals surface area contributed by atoms with Crippen LogP contribution in [0.1, 0.15) is 39.6 Å². The molecule has 1 aliphatic heterocycles. The van der Waals surface area contributed by atoms with Crippen LogP contribution in [0.15, 0.2) is 18.6 Å². The number of hydrogen-bond donors (Lipinski definition) is 1. The van der Waals surface area contributed by atoms with Gasteiger partial charge in [-0.15, -0.1) is 0 Å². The topological polar surface area (TPSA) is 74.3 Å². The Morgan fingerprint density at radius 2 is 2.32 bits per heavy atom. The summed E-state index contributed by atoms with van der Waals surface area (Å²) in [4.78, 5) is 26.5. The van der Waals surface area contributed by atoms with Gasteiger partial charge in [-0.3, -0.25) is 0 Å². The Hall–Kier alpha value is -2.31. The van der Waals surface area contributed by atoms with E-state index >= 15 is 0 Å². The number of carbonyl (C=O) groups excluding carboxylic acids is 1. The average Bonchev–Trinajstić information content (AvgIpc) is 3.02. The summed E-state index contributed by atoms with van der Waals surface area (Å²) < 4.78 is 37.8. The molecule has 1 N–H and O–H groups in total. The zero-order chi connectivity index (χ0) is 21.6. The molecule has 0 spiro atoms. The van der Waals surface area contributed by atoms with E-state index in [1.54, 1.807) is 37.9 Å². The van der Waals surface area contributed by atoms with E-state index in [-0.39, 0.29) is 24.6 Å². The quantitative estimate of drug-likeness (QED) is 0.902. The Morgan fingerprint density at radius 3 is 3.04 bits per heavy atom. The van der Waals surface area contributed by atoms with E-state index in [9.17, 15) is 4.79 Å². The molecule has 2 atom stereocenters. The molecule has 2 aromatic heterocycles. The van der Waals surface area contributed by atoms with E-state index in [0.717, 1.165) is 0 Å². The largest absolute Gasteiger partial charge is 0.444 e. The van der Waals surface area contributed by atoms with Crippen molar-refractivity contribution in [3.63, 3.8) is 0 Å². The molecule has 0 saturated carbocycles. The fourth-order valence-electron chi connectivity index (χ4n) is 3.03. The predicted octanol–water partition coefficient (Wildman–Crippen LogP) is 3.04. The Bertz CT molecular complexity index is 892. The van der Waals surface area contributed by atoms with Crippen LogP contribution < -0.4 is 4.90 Å². The maximum Gasteiger partial charge on any atom is 0.410 e. The van der Waals surface area contributed by atoms with Crippen LogP contribution in [-0.2, 0) is 4.74 Å². The van der Waals surface area contributed by atoms with E-state index in [2.05, 4.69) is 15.0 Å². The minimum Gasteiger partial charge on any atom is -0.444 e. The van der Waals surface area contributed by atoms with Gasteiger partial charge in [-0.1, -0.05) is 6.92 Å². The van der Waals surface area contributed by atoms with E-state index in [1.807, 2.05) is 6.92 Å².